The summed E-state index contributed by atoms with van der Waals surface area (Å²) in [4.78, 5) is 31.2. The molecule has 8 heteroatoms. The minimum absolute atomic E-state index is 0.0524. The summed E-state index contributed by atoms with van der Waals surface area (Å²) in [5.41, 5.74) is 7.91. The van der Waals surface area contributed by atoms with Crippen LogP contribution < -0.4 is 9.80 Å². The van der Waals surface area contributed by atoms with Crippen molar-refractivity contribution in [2.24, 2.45) is 0 Å². The van der Waals surface area contributed by atoms with Gasteiger partial charge < -0.3 is 9.80 Å². The van der Waals surface area contributed by atoms with Gasteiger partial charge in [0.05, 0.1) is 21.0 Å². The lowest BCUT2D eigenvalue weighted by atomic mass is 9.70. The zero-order valence-corrected chi connectivity index (χ0v) is 46.4. The van der Waals surface area contributed by atoms with Crippen LogP contribution in [0.25, 0.3) is 35.4 Å². The molecule has 0 radical (unpaired) electrons. The Morgan fingerprint density at radius 3 is 0.973 bits per heavy atom. The van der Waals surface area contributed by atoms with Crippen LogP contribution in [0.3, 0.4) is 0 Å². The molecule has 0 unspecified atom stereocenters. The van der Waals surface area contributed by atoms with Crippen LogP contribution in [0.5, 0.6) is 0 Å². The van der Waals surface area contributed by atoms with Crippen molar-refractivity contribution in [3.8, 4) is 11.1 Å². The van der Waals surface area contributed by atoms with Crippen molar-refractivity contribution in [1.82, 2.24) is 0 Å². The van der Waals surface area contributed by atoms with Gasteiger partial charge in [-0.3, -0.25) is 20.2 Å². The van der Waals surface area contributed by atoms with Crippen molar-refractivity contribution >= 4 is 47.1 Å². The quantitative estimate of drug-likeness (QED) is 0.0192. The predicted molar refractivity (Wildman–Crippen MR) is 315 cm³/mol. The van der Waals surface area contributed by atoms with Gasteiger partial charge >= 0.3 is 0 Å². The Morgan fingerprint density at radius 2 is 0.671 bits per heavy atom. The number of nitro benzene ring substituents is 2. The molecule has 4 aromatic rings. The molecule has 0 aliphatic heterocycles. The molecule has 0 fully saturated rings. The molecular weight excluding hydrogens is 901 g/mol. The fraction of sp³-hybridized carbons (Fsp3) is 0.569. The van der Waals surface area contributed by atoms with Crippen molar-refractivity contribution in [2.45, 2.75) is 214 Å². The van der Waals surface area contributed by atoms with Gasteiger partial charge in [-0.1, -0.05) is 219 Å². The lowest BCUT2D eigenvalue weighted by Crippen LogP contribution is -2.26. The number of benzene rings is 4. The molecule has 398 valence electrons. The minimum Gasteiger partial charge on any atom is -0.372 e. The second kappa shape index (κ2) is 32.2. The van der Waals surface area contributed by atoms with Crippen LogP contribution in [0.4, 0.5) is 22.7 Å². The van der Waals surface area contributed by atoms with E-state index in [1.165, 1.54) is 75.6 Å². The van der Waals surface area contributed by atoms with Crippen LogP contribution in [-0.4, -0.2) is 36.0 Å². The monoisotopic (exact) mass is 995 g/mol. The number of nitro groups is 2. The van der Waals surface area contributed by atoms with Crippen molar-refractivity contribution < 1.29 is 9.85 Å². The molecule has 4 aromatic carbocycles. The molecule has 0 N–H and O–H groups in total. The molecule has 0 bridgehead atoms. The molecule has 73 heavy (non-hydrogen) atoms. The molecule has 0 amide bonds. The second-order valence-corrected chi connectivity index (χ2v) is 21.2. The van der Waals surface area contributed by atoms with E-state index >= 15 is 0 Å². The fourth-order valence-electron chi connectivity index (χ4n) is 11.1. The third-order valence-electron chi connectivity index (χ3n) is 15.4. The smallest absolute Gasteiger partial charge is 0.278 e. The largest absolute Gasteiger partial charge is 0.372 e. The molecule has 0 saturated carbocycles. The highest BCUT2D eigenvalue weighted by Crippen LogP contribution is 2.60. The average Bonchev–Trinajstić information content (AvgIpc) is 3.67. The molecule has 1 aliphatic carbocycles. The molecule has 0 aromatic heterocycles. The third kappa shape index (κ3) is 17.4. The summed E-state index contributed by atoms with van der Waals surface area (Å²) in [5, 5.41) is 26.9. The number of rotatable bonds is 38. The zero-order chi connectivity index (χ0) is 52.3. The van der Waals surface area contributed by atoms with E-state index in [1.54, 1.807) is 12.1 Å². The Hall–Kier alpha value is -5.24. The first kappa shape index (κ1) is 58.6. The maximum Gasteiger partial charge on any atom is 0.278 e. The number of hydrogen-bond acceptors (Lipinski definition) is 6. The molecule has 5 rings (SSSR count). The van der Waals surface area contributed by atoms with E-state index in [2.05, 4.69) is 124 Å². The van der Waals surface area contributed by atoms with Crippen molar-refractivity contribution in [3.63, 3.8) is 0 Å². The first-order valence-electron chi connectivity index (χ1n) is 29.4. The number of hydrogen-bond donors (Lipinski definition) is 0. The Balaban J connectivity index is 1.61. The number of fused-ring (bicyclic) bond motifs is 3. The van der Waals surface area contributed by atoms with Gasteiger partial charge in [-0.2, -0.15) is 0 Å². The Labute approximate surface area is 442 Å². The van der Waals surface area contributed by atoms with E-state index in [4.69, 9.17) is 0 Å². The van der Waals surface area contributed by atoms with Gasteiger partial charge in [0.2, 0.25) is 0 Å². The highest BCUT2D eigenvalue weighted by molar-refractivity contribution is 5.95. The van der Waals surface area contributed by atoms with Gasteiger partial charge in [0, 0.05) is 55.1 Å². The summed E-state index contributed by atoms with van der Waals surface area (Å²) in [5.74, 6) is 0. The van der Waals surface area contributed by atoms with E-state index in [-0.39, 0.29) is 21.2 Å². The van der Waals surface area contributed by atoms with Crippen molar-refractivity contribution in [1.29, 1.82) is 0 Å². The normalized spacial score (nSPS) is 12.7. The SMILES string of the molecule is CCCCCCCCCCC1(CCCCCCCCCC)c2cc(/C=C/c3ccc(N(CCCC)CCCC)cc3)cc([N+](=O)[O-])c2-c2c([N+](=O)[O-])cc(/C=C/c3ccc(N(CCCC)CCCC)cc3)cc21. The third-order valence-corrected chi connectivity index (χ3v) is 15.4. The zero-order valence-electron chi connectivity index (χ0n) is 46.4. The predicted octanol–water partition coefficient (Wildman–Crippen LogP) is 20.0. The highest BCUT2D eigenvalue weighted by atomic mass is 16.6. The maximum atomic E-state index is 13.4. The van der Waals surface area contributed by atoms with Crippen LogP contribution in [0, 0.1) is 20.2 Å². The summed E-state index contributed by atoms with van der Waals surface area (Å²) in [6.45, 7) is 17.6. The summed E-state index contributed by atoms with van der Waals surface area (Å²) in [6.07, 6.45) is 37.6. The van der Waals surface area contributed by atoms with E-state index < -0.39 is 5.41 Å². The number of nitrogens with zero attached hydrogens (tertiary/aromatic N) is 4. The van der Waals surface area contributed by atoms with Gasteiger partial charge in [0.1, 0.15) is 0 Å². The lowest BCUT2D eigenvalue weighted by Gasteiger charge is -2.33. The Kier molecular flexibility index (Phi) is 25.8. The highest BCUT2D eigenvalue weighted by Gasteiger charge is 2.48. The second-order valence-electron chi connectivity index (χ2n) is 21.2. The Morgan fingerprint density at radius 1 is 0.384 bits per heavy atom. The maximum absolute atomic E-state index is 13.4. The first-order valence-corrected chi connectivity index (χ1v) is 29.4. The summed E-state index contributed by atoms with van der Waals surface area (Å²) < 4.78 is 0. The topological polar surface area (TPSA) is 92.8 Å². The molecular formula is C65H94N4O4. The van der Waals surface area contributed by atoms with Gasteiger partial charge in [0.25, 0.3) is 11.4 Å². The van der Waals surface area contributed by atoms with Crippen LogP contribution >= 0.6 is 0 Å². The van der Waals surface area contributed by atoms with Crippen molar-refractivity contribution in [2.75, 3.05) is 36.0 Å². The standard InChI is InChI=1S/C65H94N4O4/c1-7-13-19-21-23-25-27-29-43-65(44-30-28-26-24-22-20-14-8-2)59-49-55(33-31-53-35-39-57(40-36-53)66(45-15-9-3)46-16-10-4)51-61(68(70)71)63(59)64-60(65)50-56(52-62(64)69(72)73)34-32-54-37-41-58(42-38-54)67(47-17-11-5)48-18-12-6/h31-42,49-52H,7-30,43-48H2,1-6H3/b33-31+,34-32+. The van der Waals surface area contributed by atoms with Gasteiger partial charge in [-0.05, 0) is 108 Å². The van der Waals surface area contributed by atoms with Crippen LogP contribution in [0.2, 0.25) is 0 Å². The molecule has 1 aliphatic rings. The average molecular weight is 995 g/mol. The molecule has 0 heterocycles. The fourth-order valence-corrected chi connectivity index (χ4v) is 11.1. The lowest BCUT2D eigenvalue weighted by molar-refractivity contribution is -0.386. The molecule has 8 nitrogen and oxygen atoms in total. The summed E-state index contributed by atoms with van der Waals surface area (Å²) in [6, 6.07) is 25.0. The van der Waals surface area contributed by atoms with E-state index in [0.717, 1.165) is 162 Å². The number of unbranched alkanes of at least 4 members (excludes halogenated alkanes) is 18. The minimum atomic E-state index is -0.623. The van der Waals surface area contributed by atoms with E-state index in [9.17, 15) is 20.2 Å². The molecule has 0 spiro atoms. The first-order chi connectivity index (χ1) is 35.6. The van der Waals surface area contributed by atoms with Crippen LogP contribution in [0.1, 0.15) is 242 Å². The molecule has 0 saturated heterocycles. The van der Waals surface area contributed by atoms with E-state index in [0.29, 0.717) is 11.1 Å². The molecule has 0 atom stereocenters. The van der Waals surface area contributed by atoms with Gasteiger partial charge in [-0.15, -0.1) is 0 Å². The summed E-state index contributed by atoms with van der Waals surface area (Å²) in [7, 11) is 0. The Bertz CT molecular complexity index is 2140. The van der Waals surface area contributed by atoms with Crippen LogP contribution in [-0.2, 0) is 5.41 Å². The number of anilines is 2. The van der Waals surface area contributed by atoms with E-state index in [1.807, 2.05) is 12.2 Å². The van der Waals surface area contributed by atoms with Crippen LogP contribution in [0.15, 0.2) is 72.8 Å². The summed E-state index contributed by atoms with van der Waals surface area (Å²) >= 11 is 0. The van der Waals surface area contributed by atoms with Gasteiger partial charge in [-0.25, -0.2) is 0 Å². The van der Waals surface area contributed by atoms with Crippen molar-refractivity contribution in [3.05, 3.63) is 126 Å². The van der Waals surface area contributed by atoms with Gasteiger partial charge in [0.15, 0.2) is 0 Å².